The van der Waals surface area contributed by atoms with Crippen molar-refractivity contribution in [3.05, 3.63) is 0 Å². The van der Waals surface area contributed by atoms with E-state index in [0.29, 0.717) is 11.7 Å². The Labute approximate surface area is 108 Å². The molecule has 0 saturated carbocycles. The minimum atomic E-state index is -0.370. The summed E-state index contributed by atoms with van der Waals surface area (Å²) in [6.07, 6.45) is 2.18. The van der Waals surface area contributed by atoms with Crippen LogP contribution in [0.15, 0.2) is 0 Å². The van der Waals surface area contributed by atoms with Gasteiger partial charge in [0.05, 0.1) is 11.5 Å². The molecule has 0 fully saturated rings. The van der Waals surface area contributed by atoms with E-state index >= 15 is 0 Å². The number of carbonyl (C=O) groups excluding carboxylic acids is 2. The van der Waals surface area contributed by atoms with E-state index in [1.54, 1.807) is 0 Å². The van der Waals surface area contributed by atoms with Crippen LogP contribution in [0.1, 0.15) is 33.6 Å². The van der Waals surface area contributed by atoms with Crippen LogP contribution in [0.3, 0.4) is 0 Å². The van der Waals surface area contributed by atoms with Gasteiger partial charge in [-0.1, -0.05) is 26.7 Å². The van der Waals surface area contributed by atoms with Gasteiger partial charge in [-0.25, -0.2) is 0 Å². The molecule has 0 aromatic heterocycles. The average Bonchev–Trinajstić information content (AvgIpc) is 2.30. The van der Waals surface area contributed by atoms with Crippen LogP contribution in [0, 0.1) is 5.92 Å². The Balaban J connectivity index is 4.07. The molecule has 100 valence electrons. The van der Waals surface area contributed by atoms with E-state index in [1.807, 2.05) is 11.8 Å². The molecule has 0 aromatic carbocycles. The summed E-state index contributed by atoms with van der Waals surface area (Å²) in [6, 6.07) is 0. The maximum absolute atomic E-state index is 11.9. The Morgan fingerprint density at radius 1 is 1.18 bits per heavy atom. The molecule has 0 heterocycles. The molecule has 0 rings (SSSR count). The second-order valence-electron chi connectivity index (χ2n) is 4.07. The van der Waals surface area contributed by atoms with Crippen LogP contribution in [0.25, 0.3) is 0 Å². The third kappa shape index (κ3) is 7.26. The van der Waals surface area contributed by atoms with Gasteiger partial charge in [0.25, 0.3) is 0 Å². The van der Waals surface area contributed by atoms with Crippen molar-refractivity contribution in [1.82, 2.24) is 4.90 Å². The van der Waals surface area contributed by atoms with Crippen LogP contribution >= 0.6 is 11.8 Å². The lowest BCUT2D eigenvalue weighted by Gasteiger charge is -2.25. The first kappa shape index (κ1) is 16.3. The molecule has 0 radical (unpaired) electrons. The number of hydrogen-bond donors (Lipinski definition) is 1. The Morgan fingerprint density at radius 2 is 1.76 bits per heavy atom. The monoisotopic (exact) mass is 260 g/mol. The molecule has 17 heavy (non-hydrogen) atoms. The van der Waals surface area contributed by atoms with Crippen molar-refractivity contribution in [1.29, 1.82) is 0 Å². The van der Waals surface area contributed by atoms with E-state index in [0.717, 1.165) is 25.9 Å². The molecule has 4 nitrogen and oxygen atoms in total. The normalized spacial score (nSPS) is 10.6. The number of hydrogen-bond acceptors (Lipinski definition) is 3. The number of thioether (sulfide) groups is 1. The lowest BCUT2D eigenvalue weighted by atomic mass is 10.0. The molecule has 0 aromatic rings. The van der Waals surface area contributed by atoms with Gasteiger partial charge < -0.3 is 10.6 Å². The van der Waals surface area contributed by atoms with Crippen LogP contribution in [0.4, 0.5) is 0 Å². The molecule has 0 aliphatic heterocycles. The van der Waals surface area contributed by atoms with E-state index in [4.69, 9.17) is 5.73 Å². The zero-order valence-electron chi connectivity index (χ0n) is 11.1. The standard InChI is InChI=1S/C12H24N2O2S/c1-4-10(5-2)7-14(6-3)12(16)9-17-8-11(13)15/h10H,4-9H2,1-3H3,(H2,13,15). The van der Waals surface area contributed by atoms with Gasteiger partial charge in [0.1, 0.15) is 0 Å². The van der Waals surface area contributed by atoms with Crippen LogP contribution in [-0.2, 0) is 9.59 Å². The summed E-state index contributed by atoms with van der Waals surface area (Å²) < 4.78 is 0. The third-order valence-corrected chi connectivity index (χ3v) is 3.78. The van der Waals surface area contributed by atoms with Gasteiger partial charge in [0.2, 0.25) is 11.8 Å². The van der Waals surface area contributed by atoms with Gasteiger partial charge >= 0.3 is 0 Å². The molecular formula is C12H24N2O2S. The molecule has 5 heteroatoms. The minimum Gasteiger partial charge on any atom is -0.369 e. The Bertz CT molecular complexity index is 243. The molecule has 0 spiro atoms. The first-order valence-corrected chi connectivity index (χ1v) is 7.34. The lowest BCUT2D eigenvalue weighted by Crippen LogP contribution is -2.36. The first-order chi connectivity index (χ1) is 8.04. The number of amides is 2. The number of nitrogens with zero attached hydrogens (tertiary/aromatic N) is 1. The van der Waals surface area contributed by atoms with Gasteiger partial charge in [-0.05, 0) is 12.8 Å². The molecule has 0 atom stereocenters. The summed E-state index contributed by atoms with van der Waals surface area (Å²) in [6.45, 7) is 7.83. The highest BCUT2D eigenvalue weighted by atomic mass is 32.2. The zero-order valence-corrected chi connectivity index (χ0v) is 11.9. The quantitative estimate of drug-likeness (QED) is 0.683. The predicted molar refractivity (Wildman–Crippen MR) is 72.8 cm³/mol. The summed E-state index contributed by atoms with van der Waals surface area (Å²) in [7, 11) is 0. The predicted octanol–water partition coefficient (Wildman–Crippen LogP) is 1.49. The van der Waals surface area contributed by atoms with Gasteiger partial charge in [0, 0.05) is 13.1 Å². The van der Waals surface area contributed by atoms with Gasteiger partial charge in [-0.2, -0.15) is 0 Å². The molecule has 0 unspecified atom stereocenters. The molecule has 0 aliphatic carbocycles. The summed E-state index contributed by atoms with van der Waals surface area (Å²) >= 11 is 1.29. The van der Waals surface area contributed by atoms with Crippen LogP contribution in [-0.4, -0.2) is 41.3 Å². The topological polar surface area (TPSA) is 63.4 Å². The van der Waals surface area contributed by atoms with Crippen molar-refractivity contribution >= 4 is 23.6 Å². The number of nitrogens with two attached hydrogens (primary N) is 1. The zero-order chi connectivity index (χ0) is 13.3. The maximum Gasteiger partial charge on any atom is 0.232 e. The van der Waals surface area contributed by atoms with E-state index in [-0.39, 0.29) is 17.6 Å². The van der Waals surface area contributed by atoms with Gasteiger partial charge in [-0.3, -0.25) is 9.59 Å². The van der Waals surface area contributed by atoms with Crippen LogP contribution < -0.4 is 5.73 Å². The fourth-order valence-electron chi connectivity index (χ4n) is 1.60. The van der Waals surface area contributed by atoms with Crippen molar-refractivity contribution < 1.29 is 9.59 Å². The van der Waals surface area contributed by atoms with E-state index < -0.39 is 0 Å². The summed E-state index contributed by atoms with van der Waals surface area (Å²) in [5.74, 6) is 0.863. The Kier molecular flexibility index (Phi) is 8.94. The summed E-state index contributed by atoms with van der Waals surface area (Å²) in [5, 5.41) is 0. The molecule has 0 bridgehead atoms. The summed E-state index contributed by atoms with van der Waals surface area (Å²) in [5.41, 5.74) is 5.03. The largest absolute Gasteiger partial charge is 0.369 e. The van der Waals surface area contributed by atoms with E-state index in [9.17, 15) is 9.59 Å². The Hall–Kier alpha value is -0.710. The van der Waals surface area contributed by atoms with Crippen molar-refractivity contribution in [2.24, 2.45) is 11.7 Å². The molecule has 2 amide bonds. The van der Waals surface area contributed by atoms with Crippen molar-refractivity contribution in [3.63, 3.8) is 0 Å². The van der Waals surface area contributed by atoms with Crippen LogP contribution in [0.5, 0.6) is 0 Å². The molecular weight excluding hydrogens is 236 g/mol. The fourth-order valence-corrected chi connectivity index (χ4v) is 2.26. The number of primary amides is 1. The SMILES string of the molecule is CCC(CC)CN(CC)C(=O)CSCC(N)=O. The average molecular weight is 260 g/mol. The smallest absolute Gasteiger partial charge is 0.232 e. The highest BCUT2D eigenvalue weighted by Crippen LogP contribution is 2.11. The lowest BCUT2D eigenvalue weighted by molar-refractivity contribution is -0.128. The Morgan fingerprint density at radius 3 is 2.18 bits per heavy atom. The summed E-state index contributed by atoms with van der Waals surface area (Å²) in [4.78, 5) is 24.3. The van der Waals surface area contributed by atoms with Gasteiger partial charge in [0.15, 0.2) is 0 Å². The minimum absolute atomic E-state index is 0.102. The highest BCUT2D eigenvalue weighted by Gasteiger charge is 2.15. The fraction of sp³-hybridized carbons (Fsp3) is 0.833. The third-order valence-electron chi connectivity index (χ3n) is 2.84. The number of rotatable bonds is 9. The van der Waals surface area contributed by atoms with E-state index in [1.165, 1.54) is 11.8 Å². The van der Waals surface area contributed by atoms with Crippen LogP contribution in [0.2, 0.25) is 0 Å². The van der Waals surface area contributed by atoms with Crippen molar-refractivity contribution in [2.45, 2.75) is 33.6 Å². The van der Waals surface area contributed by atoms with Gasteiger partial charge in [-0.15, -0.1) is 11.8 Å². The second-order valence-corrected chi connectivity index (χ2v) is 5.06. The van der Waals surface area contributed by atoms with Crippen molar-refractivity contribution in [2.75, 3.05) is 24.6 Å². The van der Waals surface area contributed by atoms with Crippen molar-refractivity contribution in [3.8, 4) is 0 Å². The molecule has 2 N–H and O–H groups in total. The maximum atomic E-state index is 11.9. The second kappa shape index (κ2) is 9.33. The molecule has 0 saturated heterocycles. The highest BCUT2D eigenvalue weighted by molar-refractivity contribution is 8.00. The molecule has 0 aliphatic rings. The number of carbonyl (C=O) groups is 2. The van der Waals surface area contributed by atoms with E-state index in [2.05, 4.69) is 13.8 Å². The first-order valence-electron chi connectivity index (χ1n) is 6.18.